The zero-order valence-corrected chi connectivity index (χ0v) is 9.64. The van der Waals surface area contributed by atoms with Gasteiger partial charge in [-0.3, -0.25) is 0 Å². The molecule has 0 aliphatic carbocycles. The largest absolute Gasteiger partial charge is 0.468 e. The van der Waals surface area contributed by atoms with Crippen LogP contribution in [0.1, 0.15) is 17.2 Å². The number of carbonyl (C=O) groups is 1. The van der Waals surface area contributed by atoms with Crippen LogP contribution in [0.4, 0.5) is 17.6 Å². The minimum atomic E-state index is -4.68. The molecule has 1 aromatic rings. The number of esters is 1. The van der Waals surface area contributed by atoms with Crippen molar-refractivity contribution in [2.24, 2.45) is 0 Å². The van der Waals surface area contributed by atoms with E-state index >= 15 is 0 Å². The van der Waals surface area contributed by atoms with E-state index in [-0.39, 0.29) is 5.56 Å². The van der Waals surface area contributed by atoms with Gasteiger partial charge in [-0.25, -0.2) is 9.18 Å². The molecule has 1 atom stereocenters. The molecule has 0 amide bonds. The van der Waals surface area contributed by atoms with E-state index in [0.717, 1.165) is 13.2 Å². The third kappa shape index (κ3) is 3.19. The van der Waals surface area contributed by atoms with E-state index in [0.29, 0.717) is 12.1 Å². The van der Waals surface area contributed by atoms with E-state index in [1.54, 1.807) is 0 Å². The van der Waals surface area contributed by atoms with Crippen molar-refractivity contribution in [1.82, 2.24) is 5.32 Å². The summed E-state index contributed by atoms with van der Waals surface area (Å²) in [5.41, 5.74) is -1.29. The van der Waals surface area contributed by atoms with Crippen LogP contribution in [-0.4, -0.2) is 20.1 Å². The number of carbonyl (C=O) groups excluding carboxylic acids is 1. The number of methoxy groups -OCH3 is 1. The van der Waals surface area contributed by atoms with Gasteiger partial charge in [-0.05, 0) is 30.8 Å². The van der Waals surface area contributed by atoms with Gasteiger partial charge in [-0.15, -0.1) is 0 Å². The number of ether oxygens (including phenoxy) is 1. The summed E-state index contributed by atoms with van der Waals surface area (Å²) in [6, 6.07) is 0.786. The van der Waals surface area contributed by atoms with Gasteiger partial charge in [0.05, 0.1) is 12.7 Å². The Morgan fingerprint density at radius 1 is 1.33 bits per heavy atom. The normalized spacial score (nSPS) is 13.2. The minimum absolute atomic E-state index is 0.142. The van der Waals surface area contributed by atoms with Crippen LogP contribution < -0.4 is 5.32 Å². The highest BCUT2D eigenvalue weighted by molar-refractivity contribution is 5.77. The second kappa shape index (κ2) is 5.34. The van der Waals surface area contributed by atoms with Gasteiger partial charge in [-0.2, -0.15) is 13.2 Å². The lowest BCUT2D eigenvalue weighted by Gasteiger charge is -2.16. The lowest BCUT2D eigenvalue weighted by Crippen LogP contribution is -2.27. The number of nitrogens with one attached hydrogen (secondary N) is 1. The predicted octanol–water partition coefficient (Wildman–Crippen LogP) is 2.28. The standard InChI is InChI=1S/C11H11F4NO2/c1-16-9(10(17)18-2)6-3-7(11(13,14)15)5-8(12)4-6/h3-5,9,16H,1-2H3. The van der Waals surface area contributed by atoms with Gasteiger partial charge < -0.3 is 10.1 Å². The van der Waals surface area contributed by atoms with Gasteiger partial charge >= 0.3 is 12.1 Å². The number of hydrogen-bond donors (Lipinski definition) is 1. The Kier molecular flexibility index (Phi) is 4.28. The van der Waals surface area contributed by atoms with Gasteiger partial charge in [-0.1, -0.05) is 0 Å². The Hall–Kier alpha value is -1.63. The zero-order valence-electron chi connectivity index (χ0n) is 9.64. The molecule has 0 fully saturated rings. The van der Waals surface area contributed by atoms with Crippen molar-refractivity contribution in [2.45, 2.75) is 12.2 Å². The Balaban J connectivity index is 3.24. The van der Waals surface area contributed by atoms with Crippen LogP contribution in [-0.2, 0) is 15.7 Å². The van der Waals surface area contributed by atoms with Gasteiger partial charge in [0, 0.05) is 0 Å². The molecule has 0 aliphatic rings. The second-order valence-corrected chi connectivity index (χ2v) is 3.52. The van der Waals surface area contributed by atoms with Crippen molar-refractivity contribution in [1.29, 1.82) is 0 Å². The monoisotopic (exact) mass is 265 g/mol. The highest BCUT2D eigenvalue weighted by atomic mass is 19.4. The first-order valence-electron chi connectivity index (χ1n) is 4.92. The third-order valence-electron chi connectivity index (χ3n) is 2.31. The van der Waals surface area contributed by atoms with E-state index in [9.17, 15) is 22.4 Å². The molecule has 0 heterocycles. The van der Waals surface area contributed by atoms with Crippen LogP contribution in [0.25, 0.3) is 0 Å². The molecular formula is C11H11F4NO2. The number of rotatable bonds is 3. The summed E-state index contributed by atoms with van der Waals surface area (Å²) in [6.07, 6.45) is -4.68. The van der Waals surface area contributed by atoms with Gasteiger partial charge in [0.15, 0.2) is 0 Å². The lowest BCUT2D eigenvalue weighted by molar-refractivity contribution is -0.143. The fourth-order valence-corrected chi connectivity index (χ4v) is 1.48. The maximum absolute atomic E-state index is 13.1. The molecule has 0 saturated carbocycles. The Labute approximate surface area is 101 Å². The van der Waals surface area contributed by atoms with Crippen molar-refractivity contribution in [3.8, 4) is 0 Å². The number of hydrogen-bond acceptors (Lipinski definition) is 3. The van der Waals surface area contributed by atoms with Gasteiger partial charge in [0.1, 0.15) is 11.9 Å². The molecule has 1 rings (SSSR count). The number of alkyl halides is 3. The van der Waals surface area contributed by atoms with E-state index in [4.69, 9.17) is 0 Å². The Morgan fingerprint density at radius 2 is 1.94 bits per heavy atom. The van der Waals surface area contributed by atoms with E-state index < -0.39 is 29.6 Å². The van der Waals surface area contributed by atoms with Crippen molar-refractivity contribution < 1.29 is 27.1 Å². The summed E-state index contributed by atoms with van der Waals surface area (Å²) in [5, 5.41) is 2.47. The summed E-state index contributed by atoms with van der Waals surface area (Å²) in [5.74, 6) is -1.86. The molecule has 0 aromatic heterocycles. The Bertz CT molecular complexity index is 445. The summed E-state index contributed by atoms with van der Waals surface area (Å²) < 4.78 is 55.0. The van der Waals surface area contributed by atoms with Crippen LogP contribution in [0.5, 0.6) is 0 Å². The molecular weight excluding hydrogens is 254 g/mol. The molecule has 0 bridgehead atoms. The molecule has 7 heteroatoms. The average Bonchev–Trinajstić information content (AvgIpc) is 2.27. The van der Waals surface area contributed by atoms with E-state index in [1.165, 1.54) is 7.05 Å². The van der Waals surface area contributed by atoms with E-state index in [2.05, 4.69) is 10.1 Å². The van der Waals surface area contributed by atoms with Gasteiger partial charge in [0.25, 0.3) is 0 Å². The quantitative estimate of drug-likeness (QED) is 0.673. The first kappa shape index (κ1) is 14.4. The number of benzene rings is 1. The second-order valence-electron chi connectivity index (χ2n) is 3.52. The molecule has 1 N–H and O–H groups in total. The summed E-state index contributed by atoms with van der Waals surface area (Å²) in [6.45, 7) is 0. The molecule has 3 nitrogen and oxygen atoms in total. The van der Waals surface area contributed by atoms with Crippen molar-refractivity contribution in [2.75, 3.05) is 14.2 Å². The van der Waals surface area contributed by atoms with Crippen LogP contribution in [0, 0.1) is 5.82 Å². The molecule has 0 radical (unpaired) electrons. The van der Waals surface area contributed by atoms with Crippen LogP contribution in [0.2, 0.25) is 0 Å². The molecule has 0 saturated heterocycles. The SMILES string of the molecule is CNC(C(=O)OC)c1cc(F)cc(C(F)(F)F)c1. The predicted molar refractivity (Wildman–Crippen MR) is 55.2 cm³/mol. The molecule has 0 aliphatic heterocycles. The average molecular weight is 265 g/mol. The zero-order chi connectivity index (χ0) is 13.9. The van der Waals surface area contributed by atoms with Crippen LogP contribution >= 0.6 is 0 Å². The van der Waals surface area contributed by atoms with Crippen LogP contribution in [0.15, 0.2) is 18.2 Å². The Morgan fingerprint density at radius 3 is 2.39 bits per heavy atom. The van der Waals surface area contributed by atoms with Crippen LogP contribution in [0.3, 0.4) is 0 Å². The fraction of sp³-hybridized carbons (Fsp3) is 0.364. The first-order chi connectivity index (χ1) is 8.29. The maximum atomic E-state index is 13.1. The van der Waals surface area contributed by atoms with Gasteiger partial charge in [0.2, 0.25) is 0 Å². The number of likely N-dealkylation sites (N-methyl/N-ethyl adjacent to an activating group) is 1. The summed E-state index contributed by atoms with van der Waals surface area (Å²) >= 11 is 0. The minimum Gasteiger partial charge on any atom is -0.468 e. The molecule has 18 heavy (non-hydrogen) atoms. The lowest BCUT2D eigenvalue weighted by atomic mass is 10.0. The summed E-state index contributed by atoms with van der Waals surface area (Å²) in [4.78, 5) is 11.3. The maximum Gasteiger partial charge on any atom is 0.416 e. The third-order valence-corrected chi connectivity index (χ3v) is 2.31. The smallest absolute Gasteiger partial charge is 0.416 e. The molecule has 0 spiro atoms. The molecule has 1 aromatic carbocycles. The summed E-state index contributed by atoms with van der Waals surface area (Å²) in [7, 11) is 2.45. The van der Waals surface area contributed by atoms with Crippen molar-refractivity contribution in [3.05, 3.63) is 35.1 Å². The topological polar surface area (TPSA) is 38.3 Å². The molecule has 100 valence electrons. The highest BCUT2D eigenvalue weighted by Gasteiger charge is 2.32. The fourth-order valence-electron chi connectivity index (χ4n) is 1.48. The highest BCUT2D eigenvalue weighted by Crippen LogP contribution is 2.31. The first-order valence-corrected chi connectivity index (χ1v) is 4.92. The van der Waals surface area contributed by atoms with Crippen molar-refractivity contribution >= 4 is 5.97 Å². The van der Waals surface area contributed by atoms with E-state index in [1.807, 2.05) is 0 Å². The van der Waals surface area contributed by atoms with Crippen molar-refractivity contribution in [3.63, 3.8) is 0 Å². The number of halogens is 4. The molecule has 1 unspecified atom stereocenters.